The van der Waals surface area contributed by atoms with E-state index in [1.165, 1.54) is 0 Å². The van der Waals surface area contributed by atoms with Crippen molar-refractivity contribution in [1.29, 1.82) is 0 Å². The average molecular weight is 431 g/mol. The number of carbonyl (C=O) groups is 3. The molecule has 1 heterocycles. The maximum absolute atomic E-state index is 12.3. The van der Waals surface area contributed by atoms with Crippen molar-refractivity contribution < 1.29 is 14.4 Å². The Hall–Kier alpha value is -4.00. The Bertz CT molecular complexity index is 1040. The van der Waals surface area contributed by atoms with Crippen LogP contribution in [-0.2, 0) is 16.0 Å². The van der Waals surface area contributed by atoms with Gasteiger partial charge in [-0.2, -0.15) is 0 Å². The van der Waals surface area contributed by atoms with E-state index in [9.17, 15) is 14.4 Å². The van der Waals surface area contributed by atoms with Gasteiger partial charge < -0.3 is 16.0 Å². The molecule has 3 aromatic rings. The molecular formula is C25H26N4O3. The first kappa shape index (κ1) is 22.7. The number of hydrogen-bond acceptors (Lipinski definition) is 4. The van der Waals surface area contributed by atoms with Gasteiger partial charge in [-0.3, -0.25) is 19.4 Å². The summed E-state index contributed by atoms with van der Waals surface area (Å²) in [5.74, 6) is -0.801. The van der Waals surface area contributed by atoms with Crippen LogP contribution in [0.15, 0.2) is 79.0 Å². The van der Waals surface area contributed by atoms with E-state index in [0.717, 1.165) is 16.7 Å². The van der Waals surface area contributed by atoms with Gasteiger partial charge in [0.2, 0.25) is 11.8 Å². The van der Waals surface area contributed by atoms with Crippen LogP contribution >= 0.6 is 0 Å². The zero-order valence-corrected chi connectivity index (χ0v) is 17.7. The van der Waals surface area contributed by atoms with Gasteiger partial charge in [0.1, 0.15) is 5.69 Å². The number of aromatic nitrogens is 1. The van der Waals surface area contributed by atoms with Crippen LogP contribution in [0.4, 0.5) is 0 Å². The Kier molecular flexibility index (Phi) is 8.50. The minimum Gasteiger partial charge on any atom is -0.353 e. The van der Waals surface area contributed by atoms with Crippen LogP contribution in [0.2, 0.25) is 0 Å². The molecule has 0 saturated heterocycles. The average Bonchev–Trinajstić information content (AvgIpc) is 2.85. The van der Waals surface area contributed by atoms with Crippen LogP contribution in [0.5, 0.6) is 0 Å². The number of hydrogen-bond donors (Lipinski definition) is 3. The fraction of sp³-hybridized carbons (Fsp3) is 0.200. The second kappa shape index (κ2) is 12.0. The molecule has 3 N–H and O–H groups in total. The zero-order valence-electron chi connectivity index (χ0n) is 17.7. The summed E-state index contributed by atoms with van der Waals surface area (Å²) in [6, 6.07) is 23.0. The second-order valence-electron chi connectivity index (χ2n) is 7.16. The van der Waals surface area contributed by atoms with Gasteiger partial charge in [-0.05, 0) is 35.2 Å². The van der Waals surface area contributed by atoms with Gasteiger partial charge in [-0.15, -0.1) is 0 Å². The van der Waals surface area contributed by atoms with Gasteiger partial charge in [0.25, 0.3) is 5.91 Å². The molecule has 0 atom stereocenters. The molecular weight excluding hydrogens is 404 g/mol. The summed E-state index contributed by atoms with van der Waals surface area (Å²) in [6.07, 6.45) is 2.54. The maximum atomic E-state index is 12.3. The van der Waals surface area contributed by atoms with E-state index in [0.29, 0.717) is 18.5 Å². The van der Waals surface area contributed by atoms with E-state index < -0.39 is 0 Å². The Morgan fingerprint density at radius 3 is 2.16 bits per heavy atom. The van der Waals surface area contributed by atoms with Crippen LogP contribution in [0.3, 0.4) is 0 Å². The lowest BCUT2D eigenvalue weighted by Gasteiger charge is -2.09. The molecule has 0 aliphatic rings. The topological polar surface area (TPSA) is 100 Å². The number of rotatable bonds is 10. The van der Waals surface area contributed by atoms with Crippen molar-refractivity contribution in [2.24, 2.45) is 0 Å². The third-order valence-corrected chi connectivity index (χ3v) is 4.76. The molecule has 164 valence electrons. The summed E-state index contributed by atoms with van der Waals surface area (Å²) < 4.78 is 0. The molecule has 3 rings (SSSR count). The number of carbonyl (C=O) groups excluding carboxylic acids is 3. The van der Waals surface area contributed by atoms with E-state index in [-0.39, 0.29) is 37.4 Å². The standard InChI is InChI=1S/C25H26N4O3/c30-23(12-11-19-7-3-1-4-8-19)29-18-24(31)27-15-16-28-25(32)22-17-21(13-14-26-22)20-9-5-2-6-10-20/h1-10,13-14,17H,11-12,15-16,18H2,(H,27,31)(H,28,32)(H,29,30). The predicted molar refractivity (Wildman–Crippen MR) is 123 cm³/mol. The Labute approximate surface area is 187 Å². The normalized spacial score (nSPS) is 10.2. The zero-order chi connectivity index (χ0) is 22.6. The molecule has 7 nitrogen and oxygen atoms in total. The molecule has 0 aliphatic carbocycles. The van der Waals surface area contributed by atoms with Crippen molar-refractivity contribution in [1.82, 2.24) is 20.9 Å². The molecule has 3 amide bonds. The molecule has 0 radical (unpaired) electrons. The third-order valence-electron chi connectivity index (χ3n) is 4.76. The first-order valence-corrected chi connectivity index (χ1v) is 10.5. The highest BCUT2D eigenvalue weighted by molar-refractivity contribution is 5.93. The fourth-order valence-corrected chi connectivity index (χ4v) is 3.07. The lowest BCUT2D eigenvalue weighted by atomic mass is 10.1. The fourth-order valence-electron chi connectivity index (χ4n) is 3.07. The molecule has 7 heteroatoms. The number of nitrogens with zero attached hydrogens (tertiary/aromatic N) is 1. The van der Waals surface area contributed by atoms with E-state index >= 15 is 0 Å². The summed E-state index contributed by atoms with van der Waals surface area (Å²) in [4.78, 5) is 40.2. The van der Waals surface area contributed by atoms with Gasteiger partial charge in [-0.25, -0.2) is 0 Å². The molecule has 0 saturated carbocycles. The smallest absolute Gasteiger partial charge is 0.269 e. The van der Waals surface area contributed by atoms with Crippen molar-refractivity contribution in [3.63, 3.8) is 0 Å². The minimum absolute atomic E-state index is 0.0950. The largest absolute Gasteiger partial charge is 0.353 e. The van der Waals surface area contributed by atoms with Crippen molar-refractivity contribution in [3.05, 3.63) is 90.3 Å². The van der Waals surface area contributed by atoms with E-state index in [1.54, 1.807) is 12.3 Å². The summed E-state index contributed by atoms with van der Waals surface area (Å²) in [5.41, 5.74) is 3.29. The lowest BCUT2D eigenvalue weighted by Crippen LogP contribution is -2.40. The number of pyridine rings is 1. The van der Waals surface area contributed by atoms with E-state index in [2.05, 4.69) is 20.9 Å². The quantitative estimate of drug-likeness (QED) is 0.430. The predicted octanol–water partition coefficient (Wildman–Crippen LogP) is 2.34. The summed E-state index contributed by atoms with van der Waals surface area (Å²) in [5, 5.41) is 8.00. The van der Waals surface area contributed by atoms with Crippen LogP contribution in [0.1, 0.15) is 22.5 Å². The van der Waals surface area contributed by atoms with Crippen molar-refractivity contribution in [2.45, 2.75) is 12.8 Å². The van der Waals surface area contributed by atoms with Gasteiger partial charge >= 0.3 is 0 Å². The highest BCUT2D eigenvalue weighted by atomic mass is 16.2. The first-order valence-electron chi connectivity index (χ1n) is 10.5. The SMILES string of the molecule is O=C(CCc1ccccc1)NCC(=O)NCCNC(=O)c1cc(-c2ccccc2)ccn1. The van der Waals surface area contributed by atoms with Crippen LogP contribution < -0.4 is 16.0 Å². The molecule has 0 aliphatic heterocycles. The Morgan fingerprint density at radius 2 is 1.41 bits per heavy atom. The van der Waals surface area contributed by atoms with Gasteiger partial charge in [0.15, 0.2) is 0 Å². The number of amides is 3. The highest BCUT2D eigenvalue weighted by Crippen LogP contribution is 2.18. The Balaban J connectivity index is 1.33. The molecule has 0 bridgehead atoms. The summed E-state index contributed by atoms with van der Waals surface area (Å²) in [7, 11) is 0. The first-order chi connectivity index (χ1) is 15.6. The summed E-state index contributed by atoms with van der Waals surface area (Å²) in [6.45, 7) is 0.412. The van der Waals surface area contributed by atoms with E-state index in [1.807, 2.05) is 66.7 Å². The molecule has 0 fully saturated rings. The monoisotopic (exact) mass is 430 g/mol. The van der Waals surface area contributed by atoms with Crippen LogP contribution in [0, 0.1) is 0 Å². The van der Waals surface area contributed by atoms with Crippen molar-refractivity contribution in [3.8, 4) is 11.1 Å². The minimum atomic E-state index is -0.314. The van der Waals surface area contributed by atoms with Crippen LogP contribution in [0.25, 0.3) is 11.1 Å². The second-order valence-corrected chi connectivity index (χ2v) is 7.16. The number of benzene rings is 2. The molecule has 32 heavy (non-hydrogen) atoms. The lowest BCUT2D eigenvalue weighted by molar-refractivity contribution is -0.126. The van der Waals surface area contributed by atoms with Gasteiger partial charge in [0.05, 0.1) is 6.54 Å². The molecule has 2 aromatic carbocycles. The maximum Gasteiger partial charge on any atom is 0.269 e. The Morgan fingerprint density at radius 1 is 0.719 bits per heavy atom. The number of aryl methyl sites for hydroxylation is 1. The van der Waals surface area contributed by atoms with Gasteiger partial charge in [0, 0.05) is 25.7 Å². The van der Waals surface area contributed by atoms with Gasteiger partial charge in [-0.1, -0.05) is 60.7 Å². The molecule has 0 unspecified atom stereocenters. The third kappa shape index (κ3) is 7.36. The highest BCUT2D eigenvalue weighted by Gasteiger charge is 2.09. The van der Waals surface area contributed by atoms with Crippen LogP contribution in [-0.4, -0.2) is 42.3 Å². The molecule has 1 aromatic heterocycles. The van der Waals surface area contributed by atoms with Crippen molar-refractivity contribution in [2.75, 3.05) is 19.6 Å². The summed E-state index contributed by atoms with van der Waals surface area (Å²) >= 11 is 0. The molecule has 0 spiro atoms. The van der Waals surface area contributed by atoms with E-state index in [4.69, 9.17) is 0 Å². The van der Waals surface area contributed by atoms with Crippen molar-refractivity contribution >= 4 is 17.7 Å². The number of nitrogens with one attached hydrogen (secondary N) is 3.